The van der Waals surface area contributed by atoms with Gasteiger partial charge in [0.25, 0.3) is 0 Å². The van der Waals surface area contributed by atoms with Crippen LogP contribution in [0.15, 0.2) is 12.2 Å². The second-order valence-electron chi connectivity index (χ2n) is 2.76. The van der Waals surface area contributed by atoms with Gasteiger partial charge in [0.2, 0.25) is 0 Å². The minimum absolute atomic E-state index is 0.659. The molecule has 3 heteroatoms. The Morgan fingerprint density at radius 1 is 1.27 bits per heavy atom. The highest BCUT2D eigenvalue weighted by molar-refractivity contribution is 4.86. The van der Waals surface area contributed by atoms with E-state index in [1.165, 1.54) is 0 Å². The zero-order valence-corrected chi connectivity index (χ0v) is 6.92. The van der Waals surface area contributed by atoms with Crippen LogP contribution in [-0.4, -0.2) is 44.2 Å². The van der Waals surface area contributed by atoms with E-state index in [0.29, 0.717) is 6.54 Å². The standard InChI is InChI=1S/C8H17N3/c9-3-1-2-6-11-7-4-10-5-8-11/h1-2,10H,3-9H2. The predicted octanol–water partition coefficient (Wildman–Crippen LogP) is -0.593. The average molecular weight is 155 g/mol. The van der Waals surface area contributed by atoms with Crippen molar-refractivity contribution in [3.8, 4) is 0 Å². The molecular formula is C8H17N3. The second kappa shape index (κ2) is 5.29. The Morgan fingerprint density at radius 3 is 2.64 bits per heavy atom. The predicted molar refractivity (Wildman–Crippen MR) is 47.5 cm³/mol. The minimum Gasteiger partial charge on any atom is -0.327 e. The lowest BCUT2D eigenvalue weighted by Crippen LogP contribution is -2.43. The molecule has 0 bridgehead atoms. The van der Waals surface area contributed by atoms with Crippen LogP contribution in [0.2, 0.25) is 0 Å². The zero-order chi connectivity index (χ0) is 7.94. The Hall–Kier alpha value is -0.380. The van der Waals surface area contributed by atoms with Gasteiger partial charge in [-0.2, -0.15) is 0 Å². The Bertz CT molecular complexity index is 117. The Kier molecular flexibility index (Phi) is 4.19. The summed E-state index contributed by atoms with van der Waals surface area (Å²) in [5, 5.41) is 3.31. The van der Waals surface area contributed by atoms with Gasteiger partial charge in [-0.3, -0.25) is 4.90 Å². The minimum atomic E-state index is 0.659. The highest BCUT2D eigenvalue weighted by Crippen LogP contribution is 1.91. The van der Waals surface area contributed by atoms with Crippen LogP contribution in [0, 0.1) is 0 Å². The summed E-state index contributed by atoms with van der Waals surface area (Å²) in [4.78, 5) is 2.42. The highest BCUT2D eigenvalue weighted by Gasteiger charge is 2.05. The third kappa shape index (κ3) is 3.51. The molecule has 1 heterocycles. The van der Waals surface area contributed by atoms with Gasteiger partial charge in [0.15, 0.2) is 0 Å². The van der Waals surface area contributed by atoms with E-state index in [9.17, 15) is 0 Å². The number of piperazine rings is 1. The van der Waals surface area contributed by atoms with Crippen LogP contribution in [0.3, 0.4) is 0 Å². The lowest BCUT2D eigenvalue weighted by molar-refractivity contribution is 0.264. The molecule has 0 amide bonds. The third-order valence-electron chi connectivity index (χ3n) is 1.88. The molecule has 1 aliphatic rings. The maximum absolute atomic E-state index is 5.33. The first-order valence-corrected chi connectivity index (χ1v) is 4.21. The Labute approximate surface area is 68.2 Å². The Balaban J connectivity index is 2.09. The molecule has 1 aliphatic heterocycles. The van der Waals surface area contributed by atoms with Crippen molar-refractivity contribution in [2.45, 2.75) is 0 Å². The first-order valence-electron chi connectivity index (χ1n) is 4.21. The summed E-state index contributed by atoms with van der Waals surface area (Å²) in [6.07, 6.45) is 4.16. The summed E-state index contributed by atoms with van der Waals surface area (Å²) < 4.78 is 0. The highest BCUT2D eigenvalue weighted by atomic mass is 15.2. The van der Waals surface area contributed by atoms with E-state index < -0.39 is 0 Å². The van der Waals surface area contributed by atoms with Crippen molar-refractivity contribution in [1.82, 2.24) is 10.2 Å². The number of rotatable bonds is 3. The smallest absolute Gasteiger partial charge is 0.0164 e. The first-order chi connectivity index (χ1) is 5.43. The maximum Gasteiger partial charge on any atom is 0.0164 e. The van der Waals surface area contributed by atoms with Crippen molar-refractivity contribution >= 4 is 0 Å². The summed E-state index contributed by atoms with van der Waals surface area (Å²) in [7, 11) is 0. The van der Waals surface area contributed by atoms with Gasteiger partial charge in [0.05, 0.1) is 0 Å². The number of nitrogens with two attached hydrogens (primary N) is 1. The van der Waals surface area contributed by atoms with E-state index in [2.05, 4.69) is 16.3 Å². The second-order valence-corrected chi connectivity index (χ2v) is 2.76. The lowest BCUT2D eigenvalue weighted by atomic mass is 10.3. The van der Waals surface area contributed by atoms with Gasteiger partial charge in [0.1, 0.15) is 0 Å². The van der Waals surface area contributed by atoms with Crippen LogP contribution in [0.1, 0.15) is 0 Å². The fraction of sp³-hybridized carbons (Fsp3) is 0.750. The van der Waals surface area contributed by atoms with Gasteiger partial charge >= 0.3 is 0 Å². The van der Waals surface area contributed by atoms with Crippen molar-refractivity contribution in [3.05, 3.63) is 12.2 Å². The molecule has 1 fully saturated rings. The van der Waals surface area contributed by atoms with E-state index in [0.717, 1.165) is 32.7 Å². The van der Waals surface area contributed by atoms with Crippen LogP contribution < -0.4 is 11.1 Å². The van der Waals surface area contributed by atoms with Crippen LogP contribution in [0.25, 0.3) is 0 Å². The van der Waals surface area contributed by atoms with E-state index in [1.54, 1.807) is 0 Å². The van der Waals surface area contributed by atoms with Gasteiger partial charge in [0, 0.05) is 39.3 Å². The zero-order valence-electron chi connectivity index (χ0n) is 6.92. The van der Waals surface area contributed by atoms with Gasteiger partial charge in [-0.05, 0) is 0 Å². The van der Waals surface area contributed by atoms with Gasteiger partial charge in [-0.15, -0.1) is 0 Å². The van der Waals surface area contributed by atoms with Crippen molar-refractivity contribution in [3.63, 3.8) is 0 Å². The van der Waals surface area contributed by atoms with Crippen LogP contribution in [-0.2, 0) is 0 Å². The lowest BCUT2D eigenvalue weighted by Gasteiger charge is -2.25. The van der Waals surface area contributed by atoms with Crippen molar-refractivity contribution in [2.75, 3.05) is 39.3 Å². The van der Waals surface area contributed by atoms with E-state index in [-0.39, 0.29) is 0 Å². The number of nitrogens with zero attached hydrogens (tertiary/aromatic N) is 1. The molecule has 0 atom stereocenters. The fourth-order valence-electron chi connectivity index (χ4n) is 1.21. The molecule has 0 aliphatic carbocycles. The first kappa shape index (κ1) is 8.71. The Morgan fingerprint density at radius 2 is 2.00 bits per heavy atom. The molecule has 0 aromatic carbocycles. The van der Waals surface area contributed by atoms with E-state index in [4.69, 9.17) is 5.73 Å². The summed E-state index contributed by atoms with van der Waals surface area (Å²) >= 11 is 0. The molecule has 0 aromatic rings. The normalized spacial score (nSPS) is 21.2. The molecule has 1 rings (SSSR count). The summed E-state index contributed by atoms with van der Waals surface area (Å²) in [6.45, 7) is 6.28. The van der Waals surface area contributed by atoms with Crippen LogP contribution in [0.4, 0.5) is 0 Å². The molecular weight excluding hydrogens is 138 g/mol. The largest absolute Gasteiger partial charge is 0.327 e. The summed E-state index contributed by atoms with van der Waals surface area (Å²) in [5.74, 6) is 0. The molecule has 0 radical (unpaired) electrons. The third-order valence-corrected chi connectivity index (χ3v) is 1.88. The quantitative estimate of drug-likeness (QED) is 0.535. The van der Waals surface area contributed by atoms with Gasteiger partial charge in [-0.1, -0.05) is 12.2 Å². The van der Waals surface area contributed by atoms with Crippen LogP contribution in [0.5, 0.6) is 0 Å². The maximum atomic E-state index is 5.33. The molecule has 3 nitrogen and oxygen atoms in total. The number of hydrogen-bond donors (Lipinski definition) is 2. The van der Waals surface area contributed by atoms with E-state index >= 15 is 0 Å². The SMILES string of the molecule is NCC=CCN1CCNCC1. The molecule has 0 saturated carbocycles. The molecule has 64 valence electrons. The summed E-state index contributed by atoms with van der Waals surface area (Å²) in [6, 6.07) is 0. The number of nitrogens with one attached hydrogen (secondary N) is 1. The van der Waals surface area contributed by atoms with Gasteiger partial charge in [-0.25, -0.2) is 0 Å². The molecule has 0 aromatic heterocycles. The topological polar surface area (TPSA) is 41.3 Å². The molecule has 11 heavy (non-hydrogen) atoms. The van der Waals surface area contributed by atoms with Crippen molar-refractivity contribution < 1.29 is 0 Å². The average Bonchev–Trinajstić information content (AvgIpc) is 2.07. The summed E-state index contributed by atoms with van der Waals surface area (Å²) in [5.41, 5.74) is 5.33. The monoisotopic (exact) mass is 155 g/mol. The van der Waals surface area contributed by atoms with Crippen LogP contribution >= 0.6 is 0 Å². The van der Waals surface area contributed by atoms with Crippen molar-refractivity contribution in [2.24, 2.45) is 5.73 Å². The molecule has 3 N–H and O–H groups in total. The number of hydrogen-bond acceptors (Lipinski definition) is 3. The van der Waals surface area contributed by atoms with Gasteiger partial charge < -0.3 is 11.1 Å². The molecule has 0 spiro atoms. The van der Waals surface area contributed by atoms with E-state index in [1.807, 2.05) is 6.08 Å². The van der Waals surface area contributed by atoms with Crippen molar-refractivity contribution in [1.29, 1.82) is 0 Å². The molecule has 1 saturated heterocycles. The fourth-order valence-corrected chi connectivity index (χ4v) is 1.21. The molecule has 0 unspecified atom stereocenters.